The van der Waals surface area contributed by atoms with Gasteiger partial charge in [-0.1, -0.05) is 0 Å². The Morgan fingerprint density at radius 1 is 1.45 bits per heavy atom. The number of rotatable bonds is 5. The van der Waals surface area contributed by atoms with Crippen LogP contribution in [0.4, 0.5) is 17.6 Å². The fourth-order valence-corrected chi connectivity index (χ4v) is 1.50. The van der Waals surface area contributed by atoms with E-state index in [1.165, 1.54) is 6.92 Å². The third kappa shape index (κ3) is 4.84. The van der Waals surface area contributed by atoms with Gasteiger partial charge >= 0.3 is 12.3 Å². The lowest BCUT2D eigenvalue weighted by Gasteiger charge is -2.14. The van der Waals surface area contributed by atoms with E-state index >= 15 is 0 Å². The molecule has 0 fully saturated rings. The smallest absolute Gasteiger partial charge is 0.466 e. The van der Waals surface area contributed by atoms with Crippen LogP contribution in [0.5, 0.6) is 5.75 Å². The molecule has 112 valence electrons. The van der Waals surface area contributed by atoms with Gasteiger partial charge < -0.3 is 9.47 Å². The van der Waals surface area contributed by atoms with Crippen LogP contribution in [-0.4, -0.2) is 23.9 Å². The van der Waals surface area contributed by atoms with Gasteiger partial charge in [-0.05, 0) is 6.92 Å². The Balaban J connectivity index is 3.15. The highest BCUT2D eigenvalue weighted by Gasteiger charge is 2.33. The van der Waals surface area contributed by atoms with Crippen molar-refractivity contribution in [2.24, 2.45) is 0 Å². The van der Waals surface area contributed by atoms with Crippen LogP contribution in [0.2, 0.25) is 0 Å². The fraction of sp³-hybridized carbons (Fsp3) is 0.455. The van der Waals surface area contributed by atoms with E-state index in [-0.39, 0.29) is 18.2 Å². The maximum atomic E-state index is 13.6. The van der Waals surface area contributed by atoms with E-state index in [2.05, 4.69) is 14.5 Å². The molecule has 1 aromatic heterocycles. The van der Waals surface area contributed by atoms with Crippen LogP contribution in [0.1, 0.15) is 18.2 Å². The maximum absolute atomic E-state index is 13.6. The largest absolute Gasteiger partial charge is 0.573 e. The number of halogens is 5. The van der Waals surface area contributed by atoms with E-state index in [1.54, 1.807) is 0 Å². The first-order valence-corrected chi connectivity index (χ1v) is 5.96. The number of ether oxygens (including phenoxy) is 2. The summed E-state index contributed by atoms with van der Waals surface area (Å²) in [6.07, 6.45) is -5.75. The van der Waals surface area contributed by atoms with Gasteiger partial charge in [0.05, 0.1) is 30.2 Å². The summed E-state index contributed by atoms with van der Waals surface area (Å²) < 4.78 is 58.7. The Hall–Kier alpha value is -1.57. The number of carbonyl (C=O) groups is 1. The molecule has 0 aliphatic rings. The zero-order valence-corrected chi connectivity index (χ0v) is 11.0. The molecule has 0 spiro atoms. The minimum Gasteiger partial charge on any atom is -0.466 e. The first-order chi connectivity index (χ1) is 9.26. The summed E-state index contributed by atoms with van der Waals surface area (Å²) >= 11 is 5.39. The zero-order valence-electron chi connectivity index (χ0n) is 10.3. The number of hydrogen-bond acceptors (Lipinski definition) is 4. The van der Waals surface area contributed by atoms with E-state index in [9.17, 15) is 22.4 Å². The van der Waals surface area contributed by atoms with Crippen molar-refractivity contribution in [2.45, 2.75) is 25.6 Å². The number of aromatic nitrogens is 1. The predicted octanol–water partition coefficient (Wildman–Crippen LogP) is 2.96. The molecular formula is C11H10ClF4NO3. The van der Waals surface area contributed by atoms with E-state index in [4.69, 9.17) is 11.6 Å². The van der Waals surface area contributed by atoms with Crippen LogP contribution >= 0.6 is 11.6 Å². The Labute approximate surface area is 116 Å². The molecule has 0 saturated heterocycles. The van der Waals surface area contributed by atoms with Gasteiger partial charge in [0.25, 0.3) is 0 Å². The molecule has 0 saturated carbocycles. The topological polar surface area (TPSA) is 48.4 Å². The fourth-order valence-electron chi connectivity index (χ4n) is 1.37. The van der Waals surface area contributed by atoms with Crippen LogP contribution < -0.4 is 4.74 Å². The van der Waals surface area contributed by atoms with Crippen molar-refractivity contribution in [3.8, 4) is 5.75 Å². The predicted molar refractivity (Wildman–Crippen MR) is 60.8 cm³/mol. The van der Waals surface area contributed by atoms with Crippen LogP contribution in [-0.2, 0) is 21.8 Å². The highest BCUT2D eigenvalue weighted by Crippen LogP contribution is 2.29. The summed E-state index contributed by atoms with van der Waals surface area (Å²) in [5.41, 5.74) is -0.773. The van der Waals surface area contributed by atoms with Crippen LogP contribution in [0.25, 0.3) is 0 Å². The normalized spacial score (nSPS) is 11.3. The molecule has 0 aliphatic carbocycles. The summed E-state index contributed by atoms with van der Waals surface area (Å²) in [6.45, 7) is 1.53. The molecule has 0 N–H and O–H groups in total. The SMILES string of the molecule is CCOC(=O)Cc1c(OC(F)(F)F)cc(CCl)nc1F. The van der Waals surface area contributed by atoms with Gasteiger partial charge in [0.15, 0.2) is 0 Å². The average Bonchev–Trinajstić information content (AvgIpc) is 2.31. The Morgan fingerprint density at radius 2 is 2.10 bits per heavy atom. The minimum absolute atomic E-state index is 0.0170. The molecule has 0 aliphatic heterocycles. The third-order valence-electron chi connectivity index (χ3n) is 2.07. The quantitative estimate of drug-likeness (QED) is 0.363. The number of esters is 1. The summed E-state index contributed by atoms with van der Waals surface area (Å²) in [5.74, 6) is -3.30. The lowest BCUT2D eigenvalue weighted by molar-refractivity contribution is -0.275. The Bertz CT molecular complexity index is 493. The number of pyridine rings is 1. The second-order valence-corrected chi connectivity index (χ2v) is 3.81. The van der Waals surface area contributed by atoms with Crippen LogP contribution in [0.3, 0.4) is 0 Å². The highest BCUT2D eigenvalue weighted by atomic mass is 35.5. The second kappa shape index (κ2) is 6.74. The molecule has 4 nitrogen and oxygen atoms in total. The van der Waals surface area contributed by atoms with Crippen molar-refractivity contribution in [2.75, 3.05) is 6.61 Å². The second-order valence-electron chi connectivity index (χ2n) is 3.54. The Kier molecular flexibility index (Phi) is 5.55. The zero-order chi connectivity index (χ0) is 15.3. The number of carbonyl (C=O) groups excluding carboxylic acids is 1. The number of hydrogen-bond donors (Lipinski definition) is 0. The van der Waals surface area contributed by atoms with Gasteiger partial charge in [-0.2, -0.15) is 4.39 Å². The van der Waals surface area contributed by atoms with Crippen molar-refractivity contribution < 1.29 is 31.8 Å². The standard InChI is InChI=1S/C11H10ClF4NO3/c1-2-19-9(18)4-7-8(20-11(14,15)16)3-6(5-12)17-10(7)13/h3H,2,4-5H2,1H3. The van der Waals surface area contributed by atoms with Crippen molar-refractivity contribution in [3.63, 3.8) is 0 Å². The molecule has 9 heteroatoms. The van der Waals surface area contributed by atoms with Crippen molar-refractivity contribution in [3.05, 3.63) is 23.3 Å². The molecule has 0 amide bonds. The summed E-state index contributed by atoms with van der Waals surface area (Å²) in [5, 5.41) is 0. The number of nitrogens with zero attached hydrogens (tertiary/aromatic N) is 1. The first kappa shape index (κ1) is 16.5. The van der Waals surface area contributed by atoms with Crippen molar-refractivity contribution in [1.82, 2.24) is 4.98 Å². The maximum Gasteiger partial charge on any atom is 0.573 e. The summed E-state index contributed by atoms with van der Waals surface area (Å²) in [4.78, 5) is 14.6. The molecule has 1 aromatic rings. The molecule has 0 aromatic carbocycles. The third-order valence-corrected chi connectivity index (χ3v) is 2.35. The number of alkyl halides is 4. The van der Waals surface area contributed by atoms with Gasteiger partial charge in [-0.15, -0.1) is 24.8 Å². The average molecular weight is 316 g/mol. The summed E-state index contributed by atoms with van der Waals surface area (Å²) in [7, 11) is 0. The minimum atomic E-state index is -5.03. The molecule has 1 heterocycles. The van der Waals surface area contributed by atoms with E-state index < -0.39 is 36.0 Å². The highest BCUT2D eigenvalue weighted by molar-refractivity contribution is 6.16. The van der Waals surface area contributed by atoms with E-state index in [1.807, 2.05) is 0 Å². The molecule has 0 bridgehead atoms. The molecular weight excluding hydrogens is 306 g/mol. The van der Waals surface area contributed by atoms with Crippen LogP contribution in [0.15, 0.2) is 6.07 Å². The van der Waals surface area contributed by atoms with Crippen molar-refractivity contribution >= 4 is 17.6 Å². The molecule has 1 rings (SSSR count). The van der Waals surface area contributed by atoms with Crippen LogP contribution in [0, 0.1) is 5.95 Å². The van der Waals surface area contributed by atoms with Gasteiger partial charge in [-0.3, -0.25) is 4.79 Å². The molecule has 0 radical (unpaired) electrons. The van der Waals surface area contributed by atoms with Gasteiger partial charge in [0.2, 0.25) is 5.95 Å². The van der Waals surface area contributed by atoms with Gasteiger partial charge in [-0.25, -0.2) is 4.98 Å². The Morgan fingerprint density at radius 3 is 2.60 bits per heavy atom. The van der Waals surface area contributed by atoms with E-state index in [0.717, 1.165) is 6.07 Å². The molecule has 0 atom stereocenters. The molecule has 0 unspecified atom stereocenters. The van der Waals surface area contributed by atoms with E-state index in [0.29, 0.717) is 0 Å². The lowest BCUT2D eigenvalue weighted by Crippen LogP contribution is -2.20. The van der Waals surface area contributed by atoms with Crippen molar-refractivity contribution in [1.29, 1.82) is 0 Å². The van der Waals surface area contributed by atoms with Gasteiger partial charge in [0, 0.05) is 6.07 Å². The first-order valence-electron chi connectivity index (χ1n) is 5.42. The van der Waals surface area contributed by atoms with Gasteiger partial charge in [0.1, 0.15) is 5.75 Å². The lowest BCUT2D eigenvalue weighted by atomic mass is 10.1. The monoisotopic (exact) mass is 315 g/mol. The summed E-state index contributed by atoms with van der Waals surface area (Å²) in [6, 6.07) is 0.831. The molecule has 20 heavy (non-hydrogen) atoms.